The Morgan fingerprint density at radius 1 is 1.31 bits per heavy atom. The van der Waals surface area contributed by atoms with Crippen LogP contribution in [0.4, 0.5) is 5.69 Å². The molecule has 0 fully saturated rings. The molecule has 84 valence electrons. The van der Waals surface area contributed by atoms with Crippen LogP contribution in [0.25, 0.3) is 0 Å². The number of aliphatic hydroxyl groups is 1. The van der Waals surface area contributed by atoms with Crippen LogP contribution in [-0.2, 0) is 6.42 Å². The number of anilines is 1. The zero-order valence-electron chi connectivity index (χ0n) is 8.56. The molecule has 2 aromatic rings. The summed E-state index contributed by atoms with van der Waals surface area (Å²) in [6.45, 7) is 0. The number of nitrogens with two attached hydrogens (primary N) is 1. The number of aliphatic hydroxyl groups excluding tert-OH is 1. The van der Waals surface area contributed by atoms with E-state index in [-0.39, 0.29) is 0 Å². The zero-order valence-corrected chi connectivity index (χ0v) is 11.0. The molecule has 2 nitrogen and oxygen atoms in total. The molecule has 0 spiro atoms. The van der Waals surface area contributed by atoms with Crippen LogP contribution in [0.1, 0.15) is 16.5 Å². The predicted octanol–water partition coefficient (Wildman–Crippen LogP) is 3.37. The van der Waals surface area contributed by atoms with Gasteiger partial charge in [-0.05, 0) is 33.4 Å². The van der Waals surface area contributed by atoms with Crippen LogP contribution in [0, 0.1) is 0 Å². The van der Waals surface area contributed by atoms with E-state index in [0.29, 0.717) is 12.1 Å². The second kappa shape index (κ2) is 4.99. The lowest BCUT2D eigenvalue weighted by Crippen LogP contribution is -2.04. The van der Waals surface area contributed by atoms with E-state index < -0.39 is 6.10 Å². The summed E-state index contributed by atoms with van der Waals surface area (Å²) in [6.07, 6.45) is 0.0445. The summed E-state index contributed by atoms with van der Waals surface area (Å²) in [4.78, 5) is 1.13. The van der Waals surface area contributed by atoms with Crippen molar-refractivity contribution in [3.63, 3.8) is 0 Å². The number of hydrogen-bond acceptors (Lipinski definition) is 3. The van der Waals surface area contributed by atoms with Crippen molar-refractivity contribution in [2.75, 3.05) is 5.73 Å². The smallest absolute Gasteiger partial charge is 0.0858 e. The van der Waals surface area contributed by atoms with Crippen LogP contribution in [0.5, 0.6) is 0 Å². The van der Waals surface area contributed by atoms with E-state index in [1.165, 1.54) is 0 Å². The molecule has 16 heavy (non-hydrogen) atoms. The number of thiophene rings is 1. The second-order valence-electron chi connectivity index (χ2n) is 3.54. The van der Waals surface area contributed by atoms with Gasteiger partial charge in [-0.25, -0.2) is 0 Å². The highest BCUT2D eigenvalue weighted by atomic mass is 79.9. The van der Waals surface area contributed by atoms with Gasteiger partial charge in [0.15, 0.2) is 0 Å². The number of rotatable bonds is 3. The highest BCUT2D eigenvalue weighted by Crippen LogP contribution is 2.29. The van der Waals surface area contributed by atoms with Crippen molar-refractivity contribution in [1.29, 1.82) is 0 Å². The van der Waals surface area contributed by atoms with Crippen LogP contribution in [0.3, 0.4) is 0 Å². The molecule has 0 aliphatic heterocycles. The highest BCUT2D eigenvalue weighted by Gasteiger charge is 2.13. The van der Waals surface area contributed by atoms with Gasteiger partial charge in [-0.15, -0.1) is 11.3 Å². The topological polar surface area (TPSA) is 46.2 Å². The van der Waals surface area contributed by atoms with Crippen LogP contribution in [0.2, 0.25) is 0 Å². The third-order valence-corrected chi connectivity index (χ3v) is 4.37. The van der Waals surface area contributed by atoms with Crippen molar-refractivity contribution in [1.82, 2.24) is 0 Å². The maximum Gasteiger partial charge on any atom is 0.0858 e. The molecule has 0 amide bonds. The van der Waals surface area contributed by atoms with Gasteiger partial charge in [-0.2, -0.15) is 0 Å². The highest BCUT2D eigenvalue weighted by molar-refractivity contribution is 9.10. The zero-order chi connectivity index (χ0) is 11.5. The Labute approximate surface area is 107 Å². The maximum absolute atomic E-state index is 10.1. The maximum atomic E-state index is 10.1. The Balaban J connectivity index is 2.18. The summed E-state index contributed by atoms with van der Waals surface area (Å²) in [5, 5.41) is 12.1. The molecule has 0 aliphatic carbocycles. The first kappa shape index (κ1) is 11.6. The number of para-hydroxylation sites is 1. The lowest BCUT2D eigenvalue weighted by molar-refractivity contribution is 0.180. The molecule has 1 unspecified atom stereocenters. The van der Waals surface area contributed by atoms with E-state index >= 15 is 0 Å². The minimum atomic E-state index is -0.545. The Kier molecular flexibility index (Phi) is 3.63. The molecule has 0 bridgehead atoms. The van der Waals surface area contributed by atoms with Gasteiger partial charge < -0.3 is 10.8 Å². The summed E-state index contributed by atoms with van der Waals surface area (Å²) >= 11 is 5.08. The molecule has 4 heteroatoms. The van der Waals surface area contributed by atoms with Gasteiger partial charge in [0.2, 0.25) is 0 Å². The minimum Gasteiger partial charge on any atom is -0.398 e. The monoisotopic (exact) mass is 297 g/mol. The average molecular weight is 298 g/mol. The standard InChI is InChI=1S/C12H12BrNOS/c13-9-5-6-16-12(9)7-11(15)8-3-1-2-4-10(8)14/h1-6,11,15H,7,14H2. The van der Waals surface area contributed by atoms with E-state index in [1.54, 1.807) is 11.3 Å². The summed E-state index contributed by atoms with van der Waals surface area (Å²) in [5.74, 6) is 0. The molecule has 1 heterocycles. The molecule has 0 saturated carbocycles. The van der Waals surface area contributed by atoms with Crippen LogP contribution in [-0.4, -0.2) is 5.11 Å². The Morgan fingerprint density at radius 2 is 2.06 bits per heavy atom. The second-order valence-corrected chi connectivity index (χ2v) is 5.40. The molecule has 0 aliphatic rings. The predicted molar refractivity (Wildman–Crippen MR) is 71.5 cm³/mol. The Hall–Kier alpha value is -0.840. The molecule has 0 saturated heterocycles. The Bertz CT molecular complexity index is 483. The number of nitrogen functional groups attached to an aromatic ring is 1. The quantitative estimate of drug-likeness (QED) is 0.853. The van der Waals surface area contributed by atoms with Gasteiger partial charge in [-0.1, -0.05) is 18.2 Å². The number of hydrogen-bond donors (Lipinski definition) is 2. The van der Waals surface area contributed by atoms with Crippen molar-refractivity contribution in [2.24, 2.45) is 0 Å². The third kappa shape index (κ3) is 2.45. The number of benzene rings is 1. The molecule has 2 rings (SSSR count). The van der Waals surface area contributed by atoms with E-state index in [2.05, 4.69) is 15.9 Å². The van der Waals surface area contributed by atoms with E-state index in [0.717, 1.165) is 14.9 Å². The SMILES string of the molecule is Nc1ccccc1C(O)Cc1sccc1Br. The van der Waals surface area contributed by atoms with E-state index in [9.17, 15) is 5.11 Å². The first-order valence-electron chi connectivity index (χ1n) is 4.93. The third-order valence-electron chi connectivity index (χ3n) is 2.42. The van der Waals surface area contributed by atoms with Crippen molar-refractivity contribution >= 4 is 33.0 Å². The van der Waals surface area contributed by atoms with Gasteiger partial charge in [0.1, 0.15) is 0 Å². The van der Waals surface area contributed by atoms with Crippen molar-refractivity contribution < 1.29 is 5.11 Å². The summed E-state index contributed by atoms with van der Waals surface area (Å²) in [6, 6.07) is 9.41. The molecular weight excluding hydrogens is 286 g/mol. The summed E-state index contributed by atoms with van der Waals surface area (Å²) < 4.78 is 1.05. The van der Waals surface area contributed by atoms with Crippen LogP contribution < -0.4 is 5.73 Å². The molecule has 1 aromatic carbocycles. The van der Waals surface area contributed by atoms with Crippen molar-refractivity contribution in [3.05, 3.63) is 50.6 Å². The van der Waals surface area contributed by atoms with Gasteiger partial charge in [-0.3, -0.25) is 0 Å². The molecule has 3 N–H and O–H groups in total. The van der Waals surface area contributed by atoms with Crippen molar-refractivity contribution in [3.8, 4) is 0 Å². The first-order valence-corrected chi connectivity index (χ1v) is 6.60. The fraction of sp³-hybridized carbons (Fsp3) is 0.167. The minimum absolute atomic E-state index is 0.545. The fourth-order valence-electron chi connectivity index (χ4n) is 1.57. The average Bonchev–Trinajstić information content (AvgIpc) is 2.65. The Morgan fingerprint density at radius 3 is 2.69 bits per heavy atom. The van der Waals surface area contributed by atoms with Crippen LogP contribution in [0.15, 0.2) is 40.2 Å². The van der Waals surface area contributed by atoms with Gasteiger partial charge in [0.05, 0.1) is 6.10 Å². The van der Waals surface area contributed by atoms with E-state index in [1.807, 2.05) is 35.7 Å². The van der Waals surface area contributed by atoms with E-state index in [4.69, 9.17) is 5.73 Å². The van der Waals surface area contributed by atoms with Crippen LogP contribution >= 0.6 is 27.3 Å². The normalized spacial score (nSPS) is 12.6. The van der Waals surface area contributed by atoms with Crippen molar-refractivity contribution in [2.45, 2.75) is 12.5 Å². The molecular formula is C12H12BrNOS. The first-order chi connectivity index (χ1) is 7.68. The molecule has 1 atom stereocenters. The lowest BCUT2D eigenvalue weighted by atomic mass is 10.0. The number of halogens is 1. The van der Waals surface area contributed by atoms with Gasteiger partial charge in [0.25, 0.3) is 0 Å². The largest absolute Gasteiger partial charge is 0.398 e. The fourth-order valence-corrected chi connectivity index (χ4v) is 3.12. The summed E-state index contributed by atoms with van der Waals surface area (Å²) in [7, 11) is 0. The molecule has 0 radical (unpaired) electrons. The van der Waals surface area contributed by atoms with Gasteiger partial charge >= 0.3 is 0 Å². The summed E-state index contributed by atoms with van der Waals surface area (Å²) in [5.41, 5.74) is 7.26. The molecule has 1 aromatic heterocycles. The lowest BCUT2D eigenvalue weighted by Gasteiger charge is -2.12. The van der Waals surface area contributed by atoms with Gasteiger partial charge in [0, 0.05) is 27.0 Å².